The number of rotatable bonds is 5. The molecule has 0 saturated heterocycles. The summed E-state index contributed by atoms with van der Waals surface area (Å²) in [5, 5.41) is 3.57. The Balaban J connectivity index is 2.13. The van der Waals surface area contributed by atoms with Crippen LogP contribution in [-0.4, -0.2) is 11.5 Å². The van der Waals surface area contributed by atoms with Gasteiger partial charge in [-0.2, -0.15) is 0 Å². The third-order valence-electron chi connectivity index (χ3n) is 4.32. The molecule has 0 unspecified atom stereocenters. The van der Waals surface area contributed by atoms with Gasteiger partial charge in [0.2, 0.25) is 0 Å². The summed E-state index contributed by atoms with van der Waals surface area (Å²) in [6.45, 7) is 3.31. The van der Waals surface area contributed by atoms with Gasteiger partial charge in [-0.05, 0) is 42.9 Å². The lowest BCUT2D eigenvalue weighted by atomic mass is 9.83. The van der Waals surface area contributed by atoms with Gasteiger partial charge in [0.1, 0.15) is 4.99 Å². The highest BCUT2D eigenvalue weighted by atomic mass is 79.9. The van der Waals surface area contributed by atoms with Crippen LogP contribution >= 0.6 is 28.1 Å². The van der Waals surface area contributed by atoms with Crippen molar-refractivity contribution in [2.45, 2.75) is 39.0 Å². The van der Waals surface area contributed by atoms with E-state index in [2.05, 4.69) is 34.2 Å². The maximum absolute atomic E-state index is 5.80. The molecule has 1 fully saturated rings. The minimum Gasteiger partial charge on any atom is -0.389 e. The van der Waals surface area contributed by atoms with Crippen LogP contribution in [-0.2, 0) is 0 Å². The fraction of sp³-hybridized carbons (Fsp3) is 0.533. The van der Waals surface area contributed by atoms with Gasteiger partial charge < -0.3 is 11.1 Å². The molecule has 0 bridgehead atoms. The normalized spacial score (nSPS) is 17.4. The number of benzene rings is 1. The van der Waals surface area contributed by atoms with Crippen molar-refractivity contribution in [1.82, 2.24) is 0 Å². The average molecular weight is 341 g/mol. The zero-order valence-electron chi connectivity index (χ0n) is 11.3. The predicted octanol–water partition coefficient (Wildman–Crippen LogP) is 4.47. The Morgan fingerprint density at radius 2 is 2.11 bits per heavy atom. The zero-order chi connectivity index (χ0) is 13.9. The molecule has 3 N–H and O–H groups in total. The first-order chi connectivity index (χ1) is 9.06. The molecular weight excluding hydrogens is 320 g/mol. The second-order valence-electron chi connectivity index (χ2n) is 5.47. The molecule has 0 heterocycles. The minimum absolute atomic E-state index is 0.445. The molecule has 0 aliphatic heterocycles. The maximum Gasteiger partial charge on any atom is 0.106 e. The Morgan fingerprint density at radius 1 is 1.42 bits per heavy atom. The fourth-order valence-corrected chi connectivity index (χ4v) is 3.47. The number of halogens is 1. The molecule has 1 aromatic rings. The monoisotopic (exact) mass is 340 g/mol. The lowest BCUT2D eigenvalue weighted by molar-refractivity contribution is 0.307. The summed E-state index contributed by atoms with van der Waals surface area (Å²) in [5.41, 5.74) is 8.24. The second kappa shape index (κ2) is 6.23. The van der Waals surface area contributed by atoms with Gasteiger partial charge in [0.05, 0.1) is 0 Å². The van der Waals surface area contributed by atoms with Gasteiger partial charge in [-0.3, -0.25) is 0 Å². The summed E-state index contributed by atoms with van der Waals surface area (Å²) >= 11 is 8.59. The predicted molar refractivity (Wildman–Crippen MR) is 89.7 cm³/mol. The first kappa shape index (κ1) is 14.8. The van der Waals surface area contributed by atoms with E-state index in [0.717, 1.165) is 22.3 Å². The van der Waals surface area contributed by atoms with Crippen molar-refractivity contribution in [2.24, 2.45) is 11.1 Å². The molecular formula is C15H21BrN2S. The van der Waals surface area contributed by atoms with Crippen LogP contribution in [0.2, 0.25) is 0 Å². The van der Waals surface area contributed by atoms with Crippen LogP contribution in [0.25, 0.3) is 0 Å². The Labute approximate surface area is 129 Å². The summed E-state index contributed by atoms with van der Waals surface area (Å²) < 4.78 is 1.01. The zero-order valence-corrected chi connectivity index (χ0v) is 13.7. The van der Waals surface area contributed by atoms with Crippen molar-refractivity contribution in [3.63, 3.8) is 0 Å². The number of nitrogens with one attached hydrogen (secondary N) is 1. The molecule has 1 aromatic carbocycles. The molecule has 0 spiro atoms. The van der Waals surface area contributed by atoms with E-state index in [-0.39, 0.29) is 0 Å². The number of thiocarbonyl (C=S) groups is 1. The first-order valence-electron chi connectivity index (χ1n) is 6.89. The first-order valence-corrected chi connectivity index (χ1v) is 8.10. The number of hydrogen-bond acceptors (Lipinski definition) is 2. The van der Waals surface area contributed by atoms with Crippen LogP contribution in [0.1, 0.15) is 44.6 Å². The van der Waals surface area contributed by atoms with Crippen molar-refractivity contribution in [1.29, 1.82) is 0 Å². The van der Waals surface area contributed by atoms with Crippen molar-refractivity contribution >= 4 is 38.8 Å². The van der Waals surface area contributed by atoms with Gasteiger partial charge in [0.15, 0.2) is 0 Å². The van der Waals surface area contributed by atoms with Gasteiger partial charge in [-0.15, -0.1) is 0 Å². The molecule has 1 aliphatic rings. The van der Waals surface area contributed by atoms with E-state index < -0.39 is 0 Å². The molecule has 104 valence electrons. The molecule has 0 amide bonds. The number of hydrogen-bond donors (Lipinski definition) is 2. The largest absolute Gasteiger partial charge is 0.389 e. The third-order valence-corrected chi connectivity index (χ3v) is 5.03. The lowest BCUT2D eigenvalue weighted by Gasteiger charge is -2.28. The average Bonchev–Trinajstić information content (AvgIpc) is 2.86. The smallest absolute Gasteiger partial charge is 0.106 e. The molecule has 0 radical (unpaired) electrons. The van der Waals surface area contributed by atoms with Crippen molar-refractivity contribution in [3.8, 4) is 0 Å². The Kier molecular flexibility index (Phi) is 4.85. The fourth-order valence-electron chi connectivity index (χ4n) is 2.94. The van der Waals surface area contributed by atoms with Gasteiger partial charge in [-0.25, -0.2) is 0 Å². The maximum atomic E-state index is 5.80. The van der Waals surface area contributed by atoms with Gasteiger partial charge in [-0.1, -0.05) is 47.9 Å². The summed E-state index contributed by atoms with van der Waals surface area (Å²) in [7, 11) is 0. The van der Waals surface area contributed by atoms with E-state index in [4.69, 9.17) is 18.0 Å². The highest BCUT2D eigenvalue weighted by Gasteiger charge is 2.31. The molecule has 19 heavy (non-hydrogen) atoms. The van der Waals surface area contributed by atoms with Crippen molar-refractivity contribution in [2.75, 3.05) is 11.9 Å². The molecule has 1 aliphatic carbocycles. The van der Waals surface area contributed by atoms with Crippen LogP contribution in [0.5, 0.6) is 0 Å². The van der Waals surface area contributed by atoms with E-state index in [1.165, 1.54) is 32.1 Å². The van der Waals surface area contributed by atoms with Gasteiger partial charge in [0, 0.05) is 22.3 Å². The van der Waals surface area contributed by atoms with Crippen molar-refractivity contribution < 1.29 is 0 Å². The Bertz CT molecular complexity index is 467. The topological polar surface area (TPSA) is 38.0 Å². The number of nitrogens with two attached hydrogens (primary N) is 1. The van der Waals surface area contributed by atoms with Crippen LogP contribution in [0, 0.1) is 5.41 Å². The van der Waals surface area contributed by atoms with Crippen molar-refractivity contribution in [3.05, 3.63) is 28.2 Å². The van der Waals surface area contributed by atoms with E-state index >= 15 is 0 Å². The highest BCUT2D eigenvalue weighted by Crippen LogP contribution is 2.41. The van der Waals surface area contributed by atoms with E-state index in [1.54, 1.807) is 0 Å². The SMILES string of the molecule is CCC1(CNc2ccc(Br)cc2C(N)=S)CCCC1. The second-order valence-corrected chi connectivity index (χ2v) is 6.82. The van der Waals surface area contributed by atoms with Crippen LogP contribution in [0.15, 0.2) is 22.7 Å². The third kappa shape index (κ3) is 3.48. The summed E-state index contributed by atoms with van der Waals surface area (Å²) in [4.78, 5) is 0.445. The van der Waals surface area contributed by atoms with Gasteiger partial charge >= 0.3 is 0 Å². The van der Waals surface area contributed by atoms with Crippen LogP contribution in [0.4, 0.5) is 5.69 Å². The van der Waals surface area contributed by atoms with E-state index in [1.807, 2.05) is 12.1 Å². The standard InChI is InChI=1S/C15H21BrN2S/c1-2-15(7-3-4-8-15)10-18-13-6-5-11(16)9-12(13)14(17)19/h5-6,9,18H,2-4,7-8,10H2,1H3,(H2,17,19). The minimum atomic E-state index is 0.445. The molecule has 2 nitrogen and oxygen atoms in total. The Hall–Kier alpha value is -0.610. The number of anilines is 1. The highest BCUT2D eigenvalue weighted by molar-refractivity contribution is 9.10. The molecule has 2 rings (SSSR count). The summed E-state index contributed by atoms with van der Waals surface area (Å²) in [6.07, 6.45) is 6.61. The van der Waals surface area contributed by atoms with Crippen LogP contribution in [0.3, 0.4) is 0 Å². The molecule has 0 atom stereocenters. The quantitative estimate of drug-likeness (QED) is 0.776. The van der Waals surface area contributed by atoms with Crippen LogP contribution < -0.4 is 11.1 Å². The van der Waals surface area contributed by atoms with Gasteiger partial charge in [0.25, 0.3) is 0 Å². The molecule has 4 heteroatoms. The molecule has 0 aromatic heterocycles. The lowest BCUT2D eigenvalue weighted by Crippen LogP contribution is -2.27. The van der Waals surface area contributed by atoms with E-state index in [0.29, 0.717) is 10.4 Å². The summed E-state index contributed by atoms with van der Waals surface area (Å²) in [5.74, 6) is 0. The van der Waals surface area contributed by atoms with E-state index in [9.17, 15) is 0 Å². The summed E-state index contributed by atoms with van der Waals surface area (Å²) in [6, 6.07) is 6.06. The molecule has 1 saturated carbocycles. The Morgan fingerprint density at radius 3 is 2.68 bits per heavy atom.